The SMILES string of the molecule is C/C=N/n1nc(-c2ccc(NC(=O)C(CC)CCCC)cc2)nc1C. The average Bonchev–Trinajstić information content (AvgIpc) is 2.97. The highest BCUT2D eigenvalue weighted by Crippen LogP contribution is 2.20. The molecule has 0 fully saturated rings. The molecule has 6 heteroatoms. The molecule has 0 spiro atoms. The first-order valence-corrected chi connectivity index (χ1v) is 8.92. The quantitative estimate of drug-likeness (QED) is 0.729. The van der Waals surface area contributed by atoms with Crippen LogP contribution in [0.5, 0.6) is 0 Å². The van der Waals surface area contributed by atoms with Gasteiger partial charge in [-0.15, -0.1) is 9.89 Å². The van der Waals surface area contributed by atoms with E-state index in [1.54, 1.807) is 6.21 Å². The molecule has 2 aromatic rings. The minimum Gasteiger partial charge on any atom is -0.326 e. The van der Waals surface area contributed by atoms with Crippen LogP contribution in [0.15, 0.2) is 29.4 Å². The molecule has 0 aliphatic carbocycles. The number of aromatic nitrogens is 3. The summed E-state index contributed by atoms with van der Waals surface area (Å²) in [4.78, 5) is 18.3. The Balaban J connectivity index is 2.06. The second-order valence-electron chi connectivity index (χ2n) is 6.06. The first-order chi connectivity index (χ1) is 12.1. The second-order valence-corrected chi connectivity index (χ2v) is 6.06. The Morgan fingerprint density at radius 2 is 2.04 bits per heavy atom. The van der Waals surface area contributed by atoms with Gasteiger partial charge in [0.25, 0.3) is 0 Å². The third-order valence-electron chi connectivity index (χ3n) is 4.15. The van der Waals surface area contributed by atoms with Crippen molar-refractivity contribution in [3.05, 3.63) is 30.1 Å². The summed E-state index contributed by atoms with van der Waals surface area (Å²) in [7, 11) is 0. The van der Waals surface area contributed by atoms with Gasteiger partial charge in [-0.25, -0.2) is 4.98 Å². The van der Waals surface area contributed by atoms with Gasteiger partial charge in [-0.3, -0.25) is 4.79 Å². The van der Waals surface area contributed by atoms with Crippen molar-refractivity contribution in [2.45, 2.75) is 53.4 Å². The molecule has 25 heavy (non-hydrogen) atoms. The highest BCUT2D eigenvalue weighted by atomic mass is 16.1. The Hall–Kier alpha value is -2.50. The van der Waals surface area contributed by atoms with Crippen LogP contribution in [0, 0.1) is 12.8 Å². The third-order valence-corrected chi connectivity index (χ3v) is 4.15. The normalized spacial score (nSPS) is 12.5. The van der Waals surface area contributed by atoms with Crippen LogP contribution in [0.1, 0.15) is 52.3 Å². The van der Waals surface area contributed by atoms with Gasteiger partial charge in [0.05, 0.1) is 0 Å². The molecule has 2 rings (SSSR count). The smallest absolute Gasteiger partial charge is 0.227 e. The third kappa shape index (κ3) is 4.98. The molecule has 1 heterocycles. The maximum Gasteiger partial charge on any atom is 0.227 e. The number of anilines is 1. The fraction of sp³-hybridized carbons (Fsp3) is 0.474. The number of carbonyl (C=O) groups excluding carboxylic acids is 1. The second kappa shape index (κ2) is 9.11. The molecule has 1 atom stereocenters. The summed E-state index contributed by atoms with van der Waals surface area (Å²) in [6.45, 7) is 7.90. The number of hydrogen-bond donors (Lipinski definition) is 1. The van der Waals surface area contributed by atoms with Crippen LogP contribution in [0.2, 0.25) is 0 Å². The summed E-state index contributed by atoms with van der Waals surface area (Å²) in [6.07, 6.45) is 5.67. The van der Waals surface area contributed by atoms with Gasteiger partial charge >= 0.3 is 0 Å². The monoisotopic (exact) mass is 341 g/mol. The molecule has 0 radical (unpaired) electrons. The predicted octanol–water partition coefficient (Wildman–Crippen LogP) is 4.26. The van der Waals surface area contributed by atoms with Crippen molar-refractivity contribution in [3.8, 4) is 11.4 Å². The standard InChI is InChI=1S/C19H27N5O/c1-5-8-9-15(6-2)19(25)22-17-12-10-16(11-13-17)18-21-14(4)24(23-18)20-7-3/h7,10-13,15H,5-6,8-9H2,1-4H3,(H,22,25)/b20-7+. The van der Waals surface area contributed by atoms with E-state index in [1.165, 1.54) is 4.79 Å². The first kappa shape index (κ1) is 18.8. The Morgan fingerprint density at radius 1 is 1.32 bits per heavy atom. The molecular formula is C19H27N5O. The van der Waals surface area contributed by atoms with Crippen LogP contribution < -0.4 is 5.32 Å². The first-order valence-electron chi connectivity index (χ1n) is 8.92. The molecule has 1 aromatic heterocycles. The van der Waals surface area contributed by atoms with Gasteiger partial charge in [0.15, 0.2) is 5.82 Å². The lowest BCUT2D eigenvalue weighted by molar-refractivity contribution is -0.120. The highest BCUT2D eigenvalue weighted by Gasteiger charge is 2.16. The summed E-state index contributed by atoms with van der Waals surface area (Å²) in [5.41, 5.74) is 1.69. The molecule has 6 nitrogen and oxygen atoms in total. The summed E-state index contributed by atoms with van der Waals surface area (Å²) in [5.74, 6) is 1.52. The van der Waals surface area contributed by atoms with Crippen LogP contribution in [0.3, 0.4) is 0 Å². The van der Waals surface area contributed by atoms with Gasteiger partial charge < -0.3 is 5.32 Å². The van der Waals surface area contributed by atoms with Crippen molar-refractivity contribution in [1.82, 2.24) is 14.9 Å². The molecule has 1 amide bonds. The summed E-state index contributed by atoms with van der Waals surface area (Å²) in [6, 6.07) is 7.60. The zero-order chi connectivity index (χ0) is 18.2. The van der Waals surface area contributed by atoms with Crippen LogP contribution in [0.25, 0.3) is 11.4 Å². The lowest BCUT2D eigenvalue weighted by Gasteiger charge is -2.14. The van der Waals surface area contributed by atoms with Crippen LogP contribution in [-0.4, -0.2) is 27.0 Å². The largest absolute Gasteiger partial charge is 0.326 e. The zero-order valence-electron chi connectivity index (χ0n) is 15.5. The van der Waals surface area contributed by atoms with Gasteiger partial charge in [0, 0.05) is 23.4 Å². The molecule has 0 saturated heterocycles. The van der Waals surface area contributed by atoms with Crippen molar-refractivity contribution in [2.24, 2.45) is 11.0 Å². The molecule has 0 saturated carbocycles. The molecule has 0 bridgehead atoms. The Bertz CT molecular complexity index is 718. The van der Waals surface area contributed by atoms with E-state index < -0.39 is 0 Å². The van der Waals surface area contributed by atoms with Crippen LogP contribution >= 0.6 is 0 Å². The fourth-order valence-electron chi connectivity index (χ4n) is 2.64. The van der Waals surface area contributed by atoms with Gasteiger partial charge in [0.2, 0.25) is 5.91 Å². The van der Waals surface area contributed by atoms with Crippen LogP contribution in [0.4, 0.5) is 5.69 Å². The Labute approximate surface area is 149 Å². The van der Waals surface area contributed by atoms with Crippen molar-refractivity contribution in [1.29, 1.82) is 0 Å². The van der Waals surface area contributed by atoms with E-state index in [2.05, 4.69) is 34.3 Å². The van der Waals surface area contributed by atoms with Gasteiger partial charge in [0.1, 0.15) is 5.82 Å². The van der Waals surface area contributed by atoms with E-state index in [4.69, 9.17) is 0 Å². The molecule has 1 N–H and O–H groups in total. The summed E-state index contributed by atoms with van der Waals surface area (Å²) >= 11 is 0. The molecule has 0 aliphatic heterocycles. The lowest BCUT2D eigenvalue weighted by Crippen LogP contribution is -2.22. The molecule has 0 aliphatic rings. The Morgan fingerprint density at radius 3 is 2.64 bits per heavy atom. The number of amides is 1. The topological polar surface area (TPSA) is 72.2 Å². The minimum atomic E-state index is 0.0755. The maximum absolute atomic E-state index is 12.4. The maximum atomic E-state index is 12.4. The number of carbonyl (C=O) groups is 1. The highest BCUT2D eigenvalue weighted by molar-refractivity contribution is 5.92. The van der Waals surface area contributed by atoms with Crippen LogP contribution in [-0.2, 0) is 4.79 Å². The summed E-state index contributed by atoms with van der Waals surface area (Å²) < 4.78 is 0. The van der Waals surface area contributed by atoms with Crippen molar-refractivity contribution < 1.29 is 4.79 Å². The molecular weight excluding hydrogens is 314 g/mol. The fourth-order valence-corrected chi connectivity index (χ4v) is 2.64. The van der Waals surface area contributed by atoms with E-state index in [0.29, 0.717) is 5.82 Å². The number of rotatable bonds is 8. The number of unbranched alkanes of at least 4 members (excludes halogenated alkanes) is 1. The van der Waals surface area contributed by atoms with Crippen molar-refractivity contribution in [3.63, 3.8) is 0 Å². The number of nitrogens with one attached hydrogen (secondary N) is 1. The van der Waals surface area contributed by atoms with Gasteiger partial charge in [-0.2, -0.15) is 5.10 Å². The Kier molecular flexibility index (Phi) is 6.86. The van der Waals surface area contributed by atoms with Gasteiger partial charge in [-0.05, 0) is 51.0 Å². The predicted molar refractivity (Wildman–Crippen MR) is 102 cm³/mol. The van der Waals surface area contributed by atoms with E-state index in [-0.39, 0.29) is 11.8 Å². The molecule has 1 aromatic carbocycles. The number of hydrogen-bond acceptors (Lipinski definition) is 4. The zero-order valence-corrected chi connectivity index (χ0v) is 15.5. The molecule has 134 valence electrons. The minimum absolute atomic E-state index is 0.0755. The summed E-state index contributed by atoms with van der Waals surface area (Å²) in [5, 5.41) is 11.5. The number of aryl methyl sites for hydroxylation is 1. The molecule has 1 unspecified atom stereocenters. The number of nitrogens with zero attached hydrogens (tertiary/aromatic N) is 4. The van der Waals surface area contributed by atoms with Crippen molar-refractivity contribution >= 4 is 17.8 Å². The van der Waals surface area contributed by atoms with E-state index in [1.807, 2.05) is 38.1 Å². The van der Waals surface area contributed by atoms with Crippen molar-refractivity contribution in [2.75, 3.05) is 5.32 Å². The van der Waals surface area contributed by atoms with E-state index >= 15 is 0 Å². The number of benzene rings is 1. The lowest BCUT2D eigenvalue weighted by atomic mass is 9.98. The van der Waals surface area contributed by atoms with Gasteiger partial charge in [-0.1, -0.05) is 26.7 Å². The van der Waals surface area contributed by atoms with E-state index in [9.17, 15) is 4.79 Å². The van der Waals surface area contributed by atoms with E-state index in [0.717, 1.165) is 42.8 Å². The average molecular weight is 341 g/mol.